The van der Waals surface area contributed by atoms with Gasteiger partial charge in [-0.3, -0.25) is 0 Å². The molecule has 0 N–H and O–H groups in total. The number of hydrogen-bond donors (Lipinski definition) is 0. The average Bonchev–Trinajstić information content (AvgIpc) is 3.11. The molecule has 0 saturated carbocycles. The van der Waals surface area contributed by atoms with Crippen molar-refractivity contribution in [1.29, 1.82) is 0 Å². The van der Waals surface area contributed by atoms with Gasteiger partial charge in [0.05, 0.1) is 7.57 Å². The van der Waals surface area contributed by atoms with E-state index in [1.807, 2.05) is 0 Å². The highest BCUT2D eigenvalue weighted by Crippen LogP contribution is 2.18. The fourth-order valence-electron chi connectivity index (χ4n) is 1.37. The molecule has 3 heterocycles. The zero-order valence-electron chi connectivity index (χ0n) is 10.7. The summed E-state index contributed by atoms with van der Waals surface area (Å²) < 4.78 is 19.8. The van der Waals surface area contributed by atoms with Gasteiger partial charge in [0.2, 0.25) is 0 Å². The van der Waals surface area contributed by atoms with Crippen molar-refractivity contribution in [3.05, 3.63) is 34.0 Å². The summed E-state index contributed by atoms with van der Waals surface area (Å²) in [6.45, 7) is 0.0191. The summed E-state index contributed by atoms with van der Waals surface area (Å²) in [6, 6.07) is 0. The molecule has 0 spiro atoms. The van der Waals surface area contributed by atoms with E-state index in [4.69, 9.17) is 10.6 Å². The zero-order valence-corrected chi connectivity index (χ0v) is 10.5. The third kappa shape index (κ3) is 2.12. The maximum Gasteiger partial charge on any atom is 0.368 e. The first-order valence-electron chi connectivity index (χ1n) is 5.63. The van der Waals surface area contributed by atoms with Crippen molar-refractivity contribution in [2.24, 2.45) is 7.05 Å². The normalized spacial score (nSPS) is 11.5. The smallest absolute Gasteiger partial charge is 0.368 e. The van der Waals surface area contributed by atoms with Gasteiger partial charge in [-0.15, -0.1) is 0 Å². The van der Waals surface area contributed by atoms with Gasteiger partial charge in [0.25, 0.3) is 5.19 Å². The number of rotatable bonds is 4. The lowest BCUT2D eigenvalue weighted by molar-refractivity contribution is 0.247. The van der Waals surface area contributed by atoms with E-state index in [2.05, 4.69) is 20.6 Å². The molecule has 10 heteroatoms. The van der Waals surface area contributed by atoms with E-state index in [1.165, 1.54) is 24.6 Å². The monoisotopic (exact) mass is 282 g/mol. The van der Waals surface area contributed by atoms with E-state index in [1.54, 1.807) is 5.38 Å². The van der Waals surface area contributed by atoms with E-state index in [0.29, 0.717) is 16.6 Å². The molecule has 0 saturated heterocycles. The van der Waals surface area contributed by atoms with Crippen molar-refractivity contribution in [3.63, 3.8) is 0 Å². The Bertz CT molecular complexity index is 790. The molecule has 19 heavy (non-hydrogen) atoms. The van der Waals surface area contributed by atoms with E-state index < -0.39 is 5.69 Å². The van der Waals surface area contributed by atoms with Crippen LogP contribution in [0.1, 0.15) is 7.13 Å². The van der Waals surface area contributed by atoms with Crippen molar-refractivity contribution in [2.75, 3.05) is 0 Å². The quantitative estimate of drug-likeness (QED) is 0.663. The SMILES string of the molecule is [3H]c1csc(OCc2oncc2-n2nnn(C)c2=O)n1. The summed E-state index contributed by atoms with van der Waals surface area (Å²) >= 11 is 1.20. The van der Waals surface area contributed by atoms with Crippen molar-refractivity contribution in [3.8, 4) is 10.9 Å². The maximum atomic E-state index is 11.8. The molecule has 3 aromatic heterocycles. The second-order valence-corrected chi connectivity index (χ2v) is 4.28. The van der Waals surface area contributed by atoms with Gasteiger partial charge in [0.1, 0.15) is 5.69 Å². The van der Waals surface area contributed by atoms with Crippen molar-refractivity contribution < 1.29 is 10.6 Å². The van der Waals surface area contributed by atoms with Gasteiger partial charge in [-0.1, -0.05) is 16.5 Å². The molecule has 9 nitrogen and oxygen atoms in total. The van der Waals surface area contributed by atoms with Crippen LogP contribution in [0, 0.1) is 0 Å². The third-order valence-corrected chi connectivity index (χ3v) is 2.90. The minimum atomic E-state index is -0.419. The van der Waals surface area contributed by atoms with E-state index in [9.17, 15) is 4.79 Å². The van der Waals surface area contributed by atoms with Crippen LogP contribution in [0.4, 0.5) is 0 Å². The fourth-order valence-corrected chi connectivity index (χ4v) is 1.81. The minimum absolute atomic E-state index is 0.0191. The van der Waals surface area contributed by atoms with Gasteiger partial charge >= 0.3 is 5.69 Å². The summed E-state index contributed by atoms with van der Waals surface area (Å²) in [6.07, 6.45) is 1.49. The molecule has 0 unspecified atom stereocenters. The molecule has 3 aromatic rings. The molecule has 0 aromatic carbocycles. The van der Waals surface area contributed by atoms with Gasteiger partial charge < -0.3 is 9.26 Å². The molecule has 0 fully saturated rings. The largest absolute Gasteiger partial charge is 0.462 e. The predicted octanol–water partition coefficient (Wildman–Crippen LogP) is -0.0105. The Kier molecular flexibility index (Phi) is 2.55. The topological polar surface area (TPSA) is 101 Å². The number of aryl methyl sites for hydroxylation is 1. The molecule has 0 bridgehead atoms. The van der Waals surface area contributed by atoms with Gasteiger partial charge in [0.15, 0.2) is 12.4 Å². The lowest BCUT2D eigenvalue weighted by Gasteiger charge is -2.00. The minimum Gasteiger partial charge on any atom is -0.462 e. The third-order valence-electron chi connectivity index (χ3n) is 2.27. The van der Waals surface area contributed by atoms with Crippen LogP contribution < -0.4 is 10.4 Å². The Labute approximate surface area is 111 Å². The van der Waals surface area contributed by atoms with E-state index >= 15 is 0 Å². The molecule has 0 aliphatic heterocycles. The molecular weight excluding hydrogens is 272 g/mol. The summed E-state index contributed by atoms with van der Waals surface area (Å²) in [7, 11) is 1.49. The first-order valence-corrected chi connectivity index (χ1v) is 6.01. The van der Waals surface area contributed by atoms with Crippen LogP contribution in [0.25, 0.3) is 5.69 Å². The first-order chi connectivity index (χ1) is 9.65. The molecule has 0 radical (unpaired) electrons. The highest BCUT2D eigenvalue weighted by atomic mass is 32.1. The molecule has 0 aliphatic rings. The second kappa shape index (κ2) is 4.65. The van der Waals surface area contributed by atoms with Crippen LogP contribution in [0.3, 0.4) is 0 Å². The van der Waals surface area contributed by atoms with Crippen LogP contribution in [0.15, 0.2) is 27.1 Å². The highest BCUT2D eigenvalue weighted by Gasteiger charge is 2.16. The number of aromatic nitrogens is 6. The van der Waals surface area contributed by atoms with Gasteiger partial charge in [-0.25, -0.2) is 9.78 Å². The van der Waals surface area contributed by atoms with Crippen molar-refractivity contribution >= 4 is 11.3 Å². The van der Waals surface area contributed by atoms with Gasteiger partial charge in [-0.2, -0.15) is 9.36 Å². The second-order valence-electron chi connectivity index (χ2n) is 3.46. The molecule has 3 rings (SSSR count). The molecular formula is C9H8N6O3S. The van der Waals surface area contributed by atoms with Crippen LogP contribution >= 0.6 is 11.3 Å². The van der Waals surface area contributed by atoms with Gasteiger partial charge in [0, 0.05) is 18.6 Å². The summed E-state index contributed by atoms with van der Waals surface area (Å²) in [5.74, 6) is 0.314. The number of ether oxygens (including phenoxy) is 1. The Morgan fingerprint density at radius 3 is 3.16 bits per heavy atom. The summed E-state index contributed by atoms with van der Waals surface area (Å²) in [5, 5.41) is 12.8. The number of hydrogen-bond acceptors (Lipinski definition) is 8. The summed E-state index contributed by atoms with van der Waals surface area (Å²) in [4.78, 5) is 15.6. The van der Waals surface area contributed by atoms with E-state index in [-0.39, 0.29) is 12.8 Å². The number of nitrogens with zero attached hydrogens (tertiary/aromatic N) is 6. The standard InChI is InChI=1S/C9H8N6O3S/c1-14-9(16)15(13-12-14)6-4-11-18-7(6)5-17-8-10-2-3-19-8/h2-4H,5H2,1H3/i2T. The van der Waals surface area contributed by atoms with Crippen LogP contribution in [0.2, 0.25) is 0 Å². The molecule has 98 valence electrons. The van der Waals surface area contributed by atoms with E-state index in [0.717, 1.165) is 9.36 Å². The van der Waals surface area contributed by atoms with Crippen LogP contribution in [-0.4, -0.2) is 29.9 Å². The molecule has 0 amide bonds. The Morgan fingerprint density at radius 2 is 2.47 bits per heavy atom. The highest BCUT2D eigenvalue weighted by molar-refractivity contribution is 7.11. The summed E-state index contributed by atoms with van der Waals surface area (Å²) in [5.41, 5.74) is -0.0668. The lowest BCUT2D eigenvalue weighted by Crippen LogP contribution is -2.22. The van der Waals surface area contributed by atoms with Crippen molar-refractivity contribution in [1.82, 2.24) is 29.9 Å². The fraction of sp³-hybridized carbons (Fsp3) is 0.222. The number of thiazole rings is 1. The Morgan fingerprint density at radius 1 is 1.58 bits per heavy atom. The van der Waals surface area contributed by atoms with Crippen LogP contribution in [-0.2, 0) is 13.7 Å². The maximum absolute atomic E-state index is 11.8. The first kappa shape index (κ1) is 10.4. The number of tetrazole rings is 1. The average molecular weight is 282 g/mol. The Balaban J connectivity index is 1.83. The molecule has 0 atom stereocenters. The molecule has 0 aliphatic carbocycles. The van der Waals surface area contributed by atoms with Crippen LogP contribution in [0.5, 0.6) is 5.19 Å². The Hall–Kier alpha value is -2.49. The van der Waals surface area contributed by atoms with Gasteiger partial charge in [-0.05, 0) is 10.4 Å². The lowest BCUT2D eigenvalue weighted by atomic mass is 10.4. The zero-order chi connectivity index (χ0) is 14.1. The van der Waals surface area contributed by atoms with Crippen molar-refractivity contribution in [2.45, 2.75) is 6.61 Å². The predicted molar refractivity (Wildman–Crippen MR) is 63.1 cm³/mol.